The largest absolute Gasteiger partial charge is 0.497 e. The number of amides is 1. The molecule has 0 aliphatic carbocycles. The first kappa shape index (κ1) is 23.8. The first-order valence-electron chi connectivity index (χ1n) is 9.90. The van der Waals surface area contributed by atoms with Crippen molar-refractivity contribution < 1.29 is 32.6 Å². The maximum Gasteiger partial charge on any atom is 0.279 e. The van der Waals surface area contributed by atoms with Gasteiger partial charge >= 0.3 is 0 Å². The first-order chi connectivity index (χ1) is 15.3. The van der Waals surface area contributed by atoms with Crippen LogP contribution in [0.2, 0.25) is 0 Å². The van der Waals surface area contributed by atoms with E-state index in [9.17, 15) is 13.2 Å². The van der Waals surface area contributed by atoms with Crippen LogP contribution in [0.25, 0.3) is 0 Å². The first-order valence-corrected chi connectivity index (χ1v) is 11.3. The number of rotatable bonds is 8. The molecule has 0 aromatic heterocycles. The number of nitrogens with zero attached hydrogens (tertiary/aromatic N) is 2. The number of nitrogens with one attached hydrogen (secondary N) is 1. The average Bonchev–Trinajstić information content (AvgIpc) is 2.83. The summed E-state index contributed by atoms with van der Waals surface area (Å²) in [6.45, 7) is 2.26. The van der Waals surface area contributed by atoms with Crippen LogP contribution in [0, 0.1) is 0 Å². The summed E-state index contributed by atoms with van der Waals surface area (Å²) >= 11 is 0. The molecule has 10 nitrogen and oxygen atoms in total. The van der Waals surface area contributed by atoms with Crippen molar-refractivity contribution >= 4 is 15.9 Å². The standard InChI is InChI=1S/C21H27N3O7S/c1-29-16-6-4-15(5-7-16)14-23-10-12-24(13-11-23)32(27,28)18-9-8-17(30-2)20(31-3)19(18)21(25)22-26/h4-9,26H,10-14H2,1-3H3,(H,22,25). The van der Waals surface area contributed by atoms with Crippen LogP contribution >= 0.6 is 0 Å². The smallest absolute Gasteiger partial charge is 0.279 e. The second kappa shape index (κ2) is 10.2. The summed E-state index contributed by atoms with van der Waals surface area (Å²) < 4.78 is 43.6. The molecule has 2 N–H and O–H groups in total. The molecule has 0 spiro atoms. The number of sulfonamides is 1. The van der Waals surface area contributed by atoms with E-state index in [-0.39, 0.29) is 35.0 Å². The predicted octanol–water partition coefficient (Wildman–Crippen LogP) is 1.34. The van der Waals surface area contributed by atoms with Crippen LogP contribution in [0.3, 0.4) is 0 Å². The van der Waals surface area contributed by atoms with Gasteiger partial charge in [0, 0.05) is 32.7 Å². The zero-order chi connectivity index (χ0) is 23.3. The van der Waals surface area contributed by atoms with Gasteiger partial charge in [0.05, 0.1) is 26.2 Å². The van der Waals surface area contributed by atoms with Gasteiger partial charge in [-0.2, -0.15) is 4.31 Å². The molecule has 32 heavy (non-hydrogen) atoms. The zero-order valence-corrected chi connectivity index (χ0v) is 19.0. The number of ether oxygens (including phenoxy) is 3. The Morgan fingerprint density at radius 3 is 2.16 bits per heavy atom. The topological polar surface area (TPSA) is 118 Å². The van der Waals surface area contributed by atoms with Crippen molar-refractivity contribution in [3.05, 3.63) is 47.5 Å². The quantitative estimate of drug-likeness (QED) is 0.443. The lowest BCUT2D eigenvalue weighted by Gasteiger charge is -2.34. The number of carbonyl (C=O) groups excluding carboxylic acids is 1. The van der Waals surface area contributed by atoms with Crippen LogP contribution in [-0.4, -0.2) is 76.2 Å². The number of hydrogen-bond donors (Lipinski definition) is 2. The maximum absolute atomic E-state index is 13.4. The van der Waals surface area contributed by atoms with Crippen LogP contribution in [0.4, 0.5) is 0 Å². The molecule has 1 heterocycles. The Bertz CT molecular complexity index is 1050. The Morgan fingerprint density at radius 1 is 0.969 bits per heavy atom. The van der Waals surface area contributed by atoms with E-state index >= 15 is 0 Å². The van der Waals surface area contributed by atoms with Crippen molar-refractivity contribution in [1.29, 1.82) is 0 Å². The fraction of sp³-hybridized carbons (Fsp3) is 0.381. The average molecular weight is 466 g/mol. The summed E-state index contributed by atoms with van der Waals surface area (Å²) in [5.74, 6) is -0.118. The van der Waals surface area contributed by atoms with E-state index in [2.05, 4.69) is 4.90 Å². The predicted molar refractivity (Wildman–Crippen MR) is 116 cm³/mol. The zero-order valence-electron chi connectivity index (χ0n) is 18.2. The third kappa shape index (κ3) is 4.80. The van der Waals surface area contributed by atoms with Crippen LogP contribution in [-0.2, 0) is 16.6 Å². The number of piperazine rings is 1. The van der Waals surface area contributed by atoms with E-state index < -0.39 is 15.9 Å². The summed E-state index contributed by atoms with van der Waals surface area (Å²) in [7, 11) is 0.247. The van der Waals surface area contributed by atoms with Gasteiger partial charge in [-0.1, -0.05) is 12.1 Å². The Morgan fingerprint density at radius 2 is 1.62 bits per heavy atom. The molecule has 0 bridgehead atoms. The molecule has 1 aliphatic heterocycles. The molecule has 0 radical (unpaired) electrons. The highest BCUT2D eigenvalue weighted by Crippen LogP contribution is 2.36. The van der Waals surface area contributed by atoms with Gasteiger partial charge in [0.1, 0.15) is 11.3 Å². The number of hydroxylamine groups is 1. The molecule has 2 aromatic rings. The fourth-order valence-corrected chi connectivity index (χ4v) is 5.26. The molecule has 1 amide bonds. The van der Waals surface area contributed by atoms with E-state index in [1.54, 1.807) is 7.11 Å². The van der Waals surface area contributed by atoms with Gasteiger partial charge in [-0.3, -0.25) is 14.9 Å². The van der Waals surface area contributed by atoms with E-state index in [1.807, 2.05) is 24.3 Å². The molecular formula is C21H27N3O7S. The highest BCUT2D eigenvalue weighted by Gasteiger charge is 2.34. The Kier molecular flexibility index (Phi) is 7.56. The highest BCUT2D eigenvalue weighted by atomic mass is 32.2. The molecule has 1 fully saturated rings. The normalized spacial score (nSPS) is 15.2. The summed E-state index contributed by atoms with van der Waals surface area (Å²) in [4.78, 5) is 14.2. The Balaban J connectivity index is 1.79. The van der Waals surface area contributed by atoms with E-state index in [0.29, 0.717) is 19.6 Å². The Hall–Kier alpha value is -2.86. The van der Waals surface area contributed by atoms with Crippen molar-refractivity contribution in [2.75, 3.05) is 47.5 Å². The number of carbonyl (C=O) groups is 1. The van der Waals surface area contributed by atoms with Crippen molar-refractivity contribution in [3.8, 4) is 17.2 Å². The van der Waals surface area contributed by atoms with Crippen LogP contribution in [0.1, 0.15) is 15.9 Å². The minimum Gasteiger partial charge on any atom is -0.497 e. The van der Waals surface area contributed by atoms with Gasteiger partial charge in [-0.25, -0.2) is 13.9 Å². The van der Waals surface area contributed by atoms with Crippen molar-refractivity contribution in [3.63, 3.8) is 0 Å². The molecule has 1 saturated heterocycles. The van der Waals surface area contributed by atoms with Crippen LogP contribution < -0.4 is 19.7 Å². The van der Waals surface area contributed by atoms with Gasteiger partial charge in [0.2, 0.25) is 10.0 Å². The number of methoxy groups -OCH3 is 3. The second-order valence-corrected chi connectivity index (χ2v) is 9.05. The molecule has 11 heteroatoms. The van der Waals surface area contributed by atoms with E-state index in [0.717, 1.165) is 11.3 Å². The molecule has 3 rings (SSSR count). The molecule has 2 aromatic carbocycles. The van der Waals surface area contributed by atoms with Gasteiger partial charge in [-0.15, -0.1) is 0 Å². The third-order valence-electron chi connectivity index (χ3n) is 5.35. The molecule has 0 unspecified atom stereocenters. The number of hydrogen-bond acceptors (Lipinski definition) is 8. The molecule has 174 valence electrons. The second-order valence-electron chi connectivity index (χ2n) is 7.14. The van der Waals surface area contributed by atoms with Gasteiger partial charge in [0.15, 0.2) is 11.5 Å². The monoisotopic (exact) mass is 465 g/mol. The van der Waals surface area contributed by atoms with Gasteiger partial charge in [0.25, 0.3) is 5.91 Å². The summed E-state index contributed by atoms with van der Waals surface area (Å²) in [5.41, 5.74) is 2.28. The van der Waals surface area contributed by atoms with Crippen molar-refractivity contribution in [1.82, 2.24) is 14.7 Å². The maximum atomic E-state index is 13.4. The van der Waals surface area contributed by atoms with Crippen LogP contribution in [0.5, 0.6) is 17.2 Å². The van der Waals surface area contributed by atoms with Gasteiger partial charge < -0.3 is 14.2 Å². The SMILES string of the molecule is COc1ccc(CN2CCN(S(=O)(=O)c3ccc(OC)c(OC)c3C(=O)NO)CC2)cc1. The summed E-state index contributed by atoms with van der Waals surface area (Å²) in [5, 5.41) is 9.16. The molecule has 0 atom stereocenters. The van der Waals surface area contributed by atoms with Crippen molar-refractivity contribution in [2.24, 2.45) is 0 Å². The van der Waals surface area contributed by atoms with Crippen LogP contribution in [0.15, 0.2) is 41.3 Å². The minimum absolute atomic E-state index is 0.0710. The summed E-state index contributed by atoms with van der Waals surface area (Å²) in [6, 6.07) is 10.4. The molecular weight excluding hydrogens is 438 g/mol. The van der Waals surface area contributed by atoms with Crippen molar-refractivity contribution in [2.45, 2.75) is 11.4 Å². The lowest BCUT2D eigenvalue weighted by Crippen LogP contribution is -2.48. The van der Waals surface area contributed by atoms with Gasteiger partial charge in [-0.05, 0) is 29.8 Å². The number of benzene rings is 2. The minimum atomic E-state index is -4.03. The highest BCUT2D eigenvalue weighted by molar-refractivity contribution is 7.89. The molecule has 1 aliphatic rings. The fourth-order valence-electron chi connectivity index (χ4n) is 3.65. The van der Waals surface area contributed by atoms with E-state index in [1.165, 1.54) is 36.1 Å². The summed E-state index contributed by atoms with van der Waals surface area (Å²) in [6.07, 6.45) is 0. The molecule has 0 saturated carbocycles. The van der Waals surface area contributed by atoms with E-state index in [4.69, 9.17) is 19.4 Å². The lowest BCUT2D eigenvalue weighted by molar-refractivity contribution is 0.0698. The lowest BCUT2D eigenvalue weighted by atomic mass is 10.1. The Labute approximate surface area is 187 Å². The third-order valence-corrected chi connectivity index (χ3v) is 7.29.